The Kier molecular flexibility index (Phi) is 3.64. The quantitative estimate of drug-likeness (QED) is 0.878. The summed E-state index contributed by atoms with van der Waals surface area (Å²) in [5.74, 6) is -0.510. The maximum Gasteiger partial charge on any atom is 0.272 e. The van der Waals surface area contributed by atoms with E-state index >= 15 is 0 Å². The maximum absolute atomic E-state index is 12.0. The fourth-order valence-electron chi connectivity index (χ4n) is 2.00. The van der Waals surface area contributed by atoms with Crippen molar-refractivity contribution in [2.45, 2.75) is 32.7 Å². The molecule has 2 N–H and O–H groups in total. The van der Waals surface area contributed by atoms with Gasteiger partial charge in [0, 0.05) is 11.4 Å². The van der Waals surface area contributed by atoms with E-state index in [0.717, 1.165) is 5.39 Å². The third-order valence-electron chi connectivity index (χ3n) is 2.96. The van der Waals surface area contributed by atoms with Crippen LogP contribution in [0, 0.1) is 0 Å². The van der Waals surface area contributed by atoms with E-state index in [9.17, 15) is 9.59 Å². The minimum Gasteiger partial charge on any atom is -0.353 e. The number of amides is 1. The predicted octanol–water partition coefficient (Wildman–Crippen LogP) is 1.55. The van der Waals surface area contributed by atoms with Crippen molar-refractivity contribution in [3.63, 3.8) is 0 Å². The van der Waals surface area contributed by atoms with Crippen LogP contribution in [0.25, 0.3) is 10.8 Å². The third-order valence-corrected chi connectivity index (χ3v) is 2.96. The number of fused-ring (bicyclic) bond motifs is 1. The molecule has 0 radical (unpaired) electrons. The molecule has 1 aromatic heterocycles. The molecule has 0 aliphatic carbocycles. The fraction of sp³-hybridized carbons (Fsp3) is 0.357. The van der Waals surface area contributed by atoms with Crippen LogP contribution in [0.1, 0.15) is 32.4 Å². The molecule has 2 aromatic rings. The van der Waals surface area contributed by atoms with Crippen molar-refractivity contribution in [3.8, 4) is 0 Å². The van der Waals surface area contributed by atoms with E-state index in [1.54, 1.807) is 19.1 Å². The van der Waals surface area contributed by atoms with Crippen molar-refractivity contribution in [2.24, 2.45) is 0 Å². The third kappa shape index (κ3) is 2.65. The number of H-pyrrole nitrogens is 1. The largest absolute Gasteiger partial charge is 0.353 e. The Hall–Kier alpha value is -2.17. The van der Waals surface area contributed by atoms with Crippen LogP contribution < -0.4 is 10.9 Å². The predicted molar refractivity (Wildman–Crippen MR) is 74.1 cm³/mol. The summed E-state index contributed by atoms with van der Waals surface area (Å²) < 4.78 is 0. The van der Waals surface area contributed by atoms with Gasteiger partial charge in [-0.05, 0) is 26.8 Å². The summed E-state index contributed by atoms with van der Waals surface area (Å²) in [7, 11) is 0. The van der Waals surface area contributed by atoms with Gasteiger partial charge in [-0.25, -0.2) is 5.10 Å². The Morgan fingerprint density at radius 3 is 2.47 bits per heavy atom. The first-order valence-electron chi connectivity index (χ1n) is 6.28. The molecule has 0 aliphatic heterocycles. The molecular formula is C14H17N3O2. The standard InChI is InChI=1S/C14H17N3O2/c1-8(2)15-13(18)9(3)12-10-6-4-5-7-11(10)14(19)17-16-12/h4-9H,1-3H3,(H,15,18)(H,17,19). The lowest BCUT2D eigenvalue weighted by atomic mass is 10.0. The first kappa shape index (κ1) is 13.3. The van der Waals surface area contributed by atoms with Crippen molar-refractivity contribution < 1.29 is 4.79 Å². The molecule has 5 heteroatoms. The highest BCUT2D eigenvalue weighted by Crippen LogP contribution is 2.20. The number of benzene rings is 1. The van der Waals surface area contributed by atoms with Gasteiger partial charge in [-0.1, -0.05) is 18.2 Å². The molecule has 1 atom stereocenters. The highest BCUT2D eigenvalue weighted by atomic mass is 16.2. The fourth-order valence-corrected chi connectivity index (χ4v) is 2.00. The van der Waals surface area contributed by atoms with Crippen molar-refractivity contribution in [1.29, 1.82) is 0 Å². The zero-order valence-corrected chi connectivity index (χ0v) is 11.2. The summed E-state index contributed by atoms with van der Waals surface area (Å²) in [4.78, 5) is 23.7. The minimum absolute atomic E-state index is 0.0731. The van der Waals surface area contributed by atoms with Gasteiger partial charge in [0.15, 0.2) is 0 Å². The zero-order valence-electron chi connectivity index (χ0n) is 11.2. The van der Waals surface area contributed by atoms with E-state index in [-0.39, 0.29) is 17.5 Å². The monoisotopic (exact) mass is 259 g/mol. The van der Waals surface area contributed by atoms with Gasteiger partial charge in [-0.3, -0.25) is 9.59 Å². The van der Waals surface area contributed by atoms with Crippen LogP contribution in [0.4, 0.5) is 0 Å². The number of nitrogens with one attached hydrogen (secondary N) is 2. The van der Waals surface area contributed by atoms with Gasteiger partial charge in [0.2, 0.25) is 5.91 Å². The van der Waals surface area contributed by atoms with Gasteiger partial charge in [0.1, 0.15) is 0 Å². The number of hydrogen-bond acceptors (Lipinski definition) is 3. The van der Waals surface area contributed by atoms with E-state index in [1.807, 2.05) is 26.0 Å². The van der Waals surface area contributed by atoms with Gasteiger partial charge in [0.25, 0.3) is 5.56 Å². The Bertz CT molecular complexity index is 661. The van der Waals surface area contributed by atoms with E-state index in [2.05, 4.69) is 15.5 Å². The van der Waals surface area contributed by atoms with Crippen LogP contribution >= 0.6 is 0 Å². The average Bonchev–Trinajstić information content (AvgIpc) is 2.38. The van der Waals surface area contributed by atoms with Gasteiger partial charge in [-0.2, -0.15) is 5.10 Å². The zero-order chi connectivity index (χ0) is 14.0. The number of nitrogens with zero attached hydrogens (tertiary/aromatic N) is 1. The molecule has 0 fully saturated rings. The van der Waals surface area contributed by atoms with Crippen LogP contribution in [-0.4, -0.2) is 22.1 Å². The number of rotatable bonds is 3. The lowest BCUT2D eigenvalue weighted by Gasteiger charge is -2.15. The second kappa shape index (κ2) is 5.22. The normalized spacial score (nSPS) is 12.6. The van der Waals surface area contributed by atoms with Gasteiger partial charge < -0.3 is 5.32 Å². The number of carbonyl (C=O) groups excluding carboxylic acids is 1. The summed E-state index contributed by atoms with van der Waals surface area (Å²) in [6.45, 7) is 5.59. The average molecular weight is 259 g/mol. The van der Waals surface area contributed by atoms with Crippen LogP contribution in [0.3, 0.4) is 0 Å². The molecule has 0 saturated heterocycles. The first-order valence-corrected chi connectivity index (χ1v) is 6.28. The van der Waals surface area contributed by atoms with Crippen molar-refractivity contribution >= 4 is 16.7 Å². The van der Waals surface area contributed by atoms with Gasteiger partial charge in [0.05, 0.1) is 17.0 Å². The molecule has 0 spiro atoms. The van der Waals surface area contributed by atoms with E-state index in [4.69, 9.17) is 0 Å². The minimum atomic E-state index is -0.413. The molecule has 19 heavy (non-hydrogen) atoms. The van der Waals surface area contributed by atoms with E-state index in [0.29, 0.717) is 11.1 Å². The van der Waals surface area contributed by atoms with Gasteiger partial charge in [-0.15, -0.1) is 0 Å². The van der Waals surface area contributed by atoms with Crippen LogP contribution in [0.15, 0.2) is 29.1 Å². The molecule has 5 nitrogen and oxygen atoms in total. The van der Waals surface area contributed by atoms with Crippen LogP contribution in [0.5, 0.6) is 0 Å². The molecule has 0 bridgehead atoms. The lowest BCUT2D eigenvalue weighted by Crippen LogP contribution is -2.34. The number of hydrogen-bond donors (Lipinski definition) is 2. The Labute approximate surface area is 111 Å². The molecular weight excluding hydrogens is 242 g/mol. The van der Waals surface area contributed by atoms with Crippen LogP contribution in [0.2, 0.25) is 0 Å². The first-order chi connectivity index (χ1) is 9.00. The molecule has 1 heterocycles. The Morgan fingerprint density at radius 2 is 1.84 bits per heavy atom. The summed E-state index contributed by atoms with van der Waals surface area (Å²) in [5, 5.41) is 10.6. The summed E-state index contributed by atoms with van der Waals surface area (Å²) in [5.41, 5.74) is 0.351. The number of carbonyl (C=O) groups is 1. The highest BCUT2D eigenvalue weighted by molar-refractivity contribution is 5.91. The summed E-state index contributed by atoms with van der Waals surface area (Å²) in [6.07, 6.45) is 0. The molecule has 1 aromatic carbocycles. The molecule has 2 rings (SSSR count). The number of aromatic amines is 1. The lowest BCUT2D eigenvalue weighted by molar-refractivity contribution is -0.122. The second-order valence-corrected chi connectivity index (χ2v) is 4.87. The second-order valence-electron chi connectivity index (χ2n) is 4.87. The van der Waals surface area contributed by atoms with Crippen molar-refractivity contribution in [3.05, 3.63) is 40.3 Å². The Balaban J connectivity index is 2.48. The molecule has 100 valence electrons. The van der Waals surface area contributed by atoms with Crippen molar-refractivity contribution in [2.75, 3.05) is 0 Å². The van der Waals surface area contributed by atoms with Gasteiger partial charge >= 0.3 is 0 Å². The number of aromatic nitrogens is 2. The molecule has 0 aliphatic rings. The summed E-state index contributed by atoms with van der Waals surface area (Å²) in [6, 6.07) is 7.24. The highest BCUT2D eigenvalue weighted by Gasteiger charge is 2.20. The molecule has 1 unspecified atom stereocenters. The summed E-state index contributed by atoms with van der Waals surface area (Å²) >= 11 is 0. The Morgan fingerprint density at radius 1 is 1.21 bits per heavy atom. The topological polar surface area (TPSA) is 74.8 Å². The molecule has 1 amide bonds. The maximum atomic E-state index is 12.0. The van der Waals surface area contributed by atoms with E-state index in [1.165, 1.54) is 0 Å². The van der Waals surface area contributed by atoms with Crippen molar-refractivity contribution in [1.82, 2.24) is 15.5 Å². The van der Waals surface area contributed by atoms with Crippen LogP contribution in [-0.2, 0) is 4.79 Å². The smallest absolute Gasteiger partial charge is 0.272 e. The SMILES string of the molecule is CC(C)NC(=O)C(C)c1n[nH]c(=O)c2ccccc12. The van der Waals surface area contributed by atoms with E-state index < -0.39 is 5.92 Å². The molecule has 0 saturated carbocycles.